The van der Waals surface area contributed by atoms with E-state index in [1.807, 2.05) is 0 Å². The predicted molar refractivity (Wildman–Crippen MR) is 90.4 cm³/mol. The predicted octanol–water partition coefficient (Wildman–Crippen LogP) is 5.53. The number of benzene rings is 1. The number of nitrogens with zero attached hydrogens (tertiary/aromatic N) is 1. The van der Waals surface area contributed by atoms with Crippen LogP contribution in [0.4, 0.5) is 0 Å². The highest BCUT2D eigenvalue weighted by Gasteiger charge is 2.33. The number of hydrogen-bond donors (Lipinski definition) is 0. The van der Waals surface area contributed by atoms with E-state index in [0.717, 1.165) is 11.7 Å². The summed E-state index contributed by atoms with van der Waals surface area (Å²) in [6.45, 7) is 0. The van der Waals surface area contributed by atoms with E-state index in [-0.39, 0.29) is 5.92 Å². The lowest BCUT2D eigenvalue weighted by Gasteiger charge is -2.35. The van der Waals surface area contributed by atoms with Crippen LogP contribution in [-0.2, 0) is 0 Å². The van der Waals surface area contributed by atoms with Crippen LogP contribution in [0.1, 0.15) is 62.8 Å². The quantitative estimate of drug-likeness (QED) is 0.733. The summed E-state index contributed by atoms with van der Waals surface area (Å²) in [6, 6.07) is 13.5. The van der Waals surface area contributed by atoms with E-state index < -0.39 is 0 Å². The van der Waals surface area contributed by atoms with Crippen molar-refractivity contribution in [3.8, 4) is 6.07 Å². The molecule has 2 saturated carbocycles. The monoisotopic (exact) mass is 299 g/mol. The van der Waals surface area contributed by atoms with Crippen molar-refractivity contribution >= 4 is 11.8 Å². The second-order valence-corrected chi connectivity index (χ2v) is 8.14. The van der Waals surface area contributed by atoms with Crippen LogP contribution in [0.2, 0.25) is 0 Å². The lowest BCUT2D eigenvalue weighted by atomic mass is 9.79. The Morgan fingerprint density at radius 1 is 0.952 bits per heavy atom. The van der Waals surface area contributed by atoms with Gasteiger partial charge >= 0.3 is 0 Å². The van der Waals surface area contributed by atoms with Crippen LogP contribution in [0.5, 0.6) is 0 Å². The fourth-order valence-corrected chi connectivity index (χ4v) is 5.73. The molecule has 0 saturated heterocycles. The van der Waals surface area contributed by atoms with Gasteiger partial charge in [-0.3, -0.25) is 0 Å². The Morgan fingerprint density at radius 3 is 2.43 bits per heavy atom. The molecule has 0 N–H and O–H groups in total. The molecule has 3 rings (SSSR count). The molecule has 2 heteroatoms. The van der Waals surface area contributed by atoms with Gasteiger partial charge in [0, 0.05) is 10.5 Å². The van der Waals surface area contributed by atoms with Gasteiger partial charge in [-0.15, -0.1) is 0 Å². The molecular weight excluding hydrogens is 274 g/mol. The number of rotatable bonds is 3. The van der Waals surface area contributed by atoms with Crippen molar-refractivity contribution in [2.45, 2.75) is 67.8 Å². The van der Waals surface area contributed by atoms with Gasteiger partial charge in [-0.1, -0.05) is 49.6 Å². The highest BCUT2D eigenvalue weighted by atomic mass is 32.2. The molecule has 0 spiro atoms. The second kappa shape index (κ2) is 7.36. The summed E-state index contributed by atoms with van der Waals surface area (Å²) >= 11 is 2.15. The highest BCUT2D eigenvalue weighted by Crippen LogP contribution is 2.44. The molecule has 0 heterocycles. The van der Waals surface area contributed by atoms with Gasteiger partial charge in [-0.2, -0.15) is 17.0 Å². The maximum atomic E-state index is 9.48. The normalized spacial score (nSPS) is 30.7. The summed E-state index contributed by atoms with van der Waals surface area (Å²) in [6.07, 6.45) is 10.4. The van der Waals surface area contributed by atoms with Gasteiger partial charge in [0.25, 0.3) is 0 Å². The summed E-state index contributed by atoms with van der Waals surface area (Å²) in [7, 11) is 0. The molecule has 21 heavy (non-hydrogen) atoms. The highest BCUT2D eigenvalue weighted by molar-refractivity contribution is 8.00. The van der Waals surface area contributed by atoms with E-state index in [0.29, 0.717) is 11.2 Å². The average Bonchev–Trinajstić information content (AvgIpc) is 2.56. The molecule has 1 aromatic carbocycles. The third-order valence-electron chi connectivity index (χ3n) is 5.15. The number of thioether (sulfide) groups is 1. The first kappa shape index (κ1) is 15.0. The molecule has 1 nitrogen and oxygen atoms in total. The van der Waals surface area contributed by atoms with Crippen molar-refractivity contribution in [2.75, 3.05) is 0 Å². The standard InChI is InChI=1S/C19H25NS/c20-14-17-12-11-16(15-7-3-1-4-8-15)13-19(17)21-18-9-5-2-6-10-18/h1,3-4,7-8,16-19H,2,5-6,9-13H2. The largest absolute Gasteiger partial charge is 0.198 e. The van der Waals surface area contributed by atoms with Gasteiger partial charge in [0.05, 0.1) is 12.0 Å². The summed E-state index contributed by atoms with van der Waals surface area (Å²) in [4.78, 5) is 0. The SMILES string of the molecule is N#CC1CCC(c2ccccc2)CC1SC1CCCCC1. The van der Waals surface area contributed by atoms with Gasteiger partial charge < -0.3 is 0 Å². The van der Waals surface area contributed by atoms with Crippen molar-refractivity contribution in [3.05, 3.63) is 35.9 Å². The molecule has 0 aliphatic heterocycles. The first-order valence-corrected chi connectivity index (χ1v) is 9.41. The van der Waals surface area contributed by atoms with E-state index in [9.17, 15) is 5.26 Å². The Hall–Kier alpha value is -0.940. The summed E-state index contributed by atoms with van der Waals surface area (Å²) in [5.74, 6) is 0.939. The third kappa shape index (κ3) is 3.83. The Balaban J connectivity index is 1.65. The van der Waals surface area contributed by atoms with Gasteiger partial charge in [-0.25, -0.2) is 0 Å². The van der Waals surface area contributed by atoms with E-state index >= 15 is 0 Å². The summed E-state index contributed by atoms with van der Waals surface area (Å²) in [5, 5.41) is 10.9. The van der Waals surface area contributed by atoms with Crippen LogP contribution in [0.25, 0.3) is 0 Å². The van der Waals surface area contributed by atoms with E-state index in [1.54, 1.807) is 0 Å². The average molecular weight is 299 g/mol. The maximum Gasteiger partial charge on any atom is 0.0667 e. The molecule has 0 aromatic heterocycles. The molecule has 3 atom stereocenters. The Kier molecular flexibility index (Phi) is 5.25. The van der Waals surface area contributed by atoms with Crippen molar-refractivity contribution in [1.82, 2.24) is 0 Å². The third-order valence-corrected chi connectivity index (χ3v) is 6.87. The fourth-order valence-electron chi connectivity index (χ4n) is 3.90. The minimum Gasteiger partial charge on any atom is -0.198 e. The second-order valence-electron chi connectivity index (χ2n) is 6.59. The summed E-state index contributed by atoms with van der Waals surface area (Å²) in [5.41, 5.74) is 1.48. The number of hydrogen-bond acceptors (Lipinski definition) is 2. The molecule has 1 aromatic rings. The Labute approximate surface area is 133 Å². The lowest BCUT2D eigenvalue weighted by molar-refractivity contribution is 0.390. The van der Waals surface area contributed by atoms with Crippen LogP contribution in [-0.4, -0.2) is 10.5 Å². The van der Waals surface area contributed by atoms with E-state index in [2.05, 4.69) is 48.2 Å². The Morgan fingerprint density at radius 2 is 1.71 bits per heavy atom. The smallest absolute Gasteiger partial charge is 0.0667 e. The minimum absolute atomic E-state index is 0.275. The van der Waals surface area contributed by atoms with E-state index in [1.165, 1.54) is 50.5 Å². The zero-order chi connectivity index (χ0) is 14.5. The van der Waals surface area contributed by atoms with Gasteiger partial charge in [0.2, 0.25) is 0 Å². The molecule has 2 aliphatic carbocycles. The molecule has 112 valence electrons. The van der Waals surface area contributed by atoms with Crippen molar-refractivity contribution < 1.29 is 0 Å². The zero-order valence-corrected chi connectivity index (χ0v) is 13.5. The topological polar surface area (TPSA) is 23.8 Å². The lowest BCUT2D eigenvalue weighted by Crippen LogP contribution is -2.28. The minimum atomic E-state index is 0.275. The van der Waals surface area contributed by atoms with Crippen molar-refractivity contribution in [2.24, 2.45) is 5.92 Å². The van der Waals surface area contributed by atoms with Crippen molar-refractivity contribution in [1.29, 1.82) is 5.26 Å². The fraction of sp³-hybridized carbons (Fsp3) is 0.632. The first-order valence-electron chi connectivity index (χ1n) is 8.47. The molecule has 2 aliphatic rings. The molecule has 0 bridgehead atoms. The molecule has 0 amide bonds. The van der Waals surface area contributed by atoms with Gasteiger partial charge in [-0.05, 0) is 43.6 Å². The van der Waals surface area contributed by atoms with Crippen LogP contribution in [0, 0.1) is 17.2 Å². The first-order chi connectivity index (χ1) is 10.4. The van der Waals surface area contributed by atoms with Gasteiger partial charge in [0.15, 0.2) is 0 Å². The van der Waals surface area contributed by atoms with Crippen LogP contribution in [0.15, 0.2) is 30.3 Å². The van der Waals surface area contributed by atoms with Crippen LogP contribution >= 0.6 is 11.8 Å². The Bertz CT molecular complexity index is 472. The summed E-state index contributed by atoms with van der Waals surface area (Å²) < 4.78 is 0. The van der Waals surface area contributed by atoms with Crippen LogP contribution in [0.3, 0.4) is 0 Å². The molecule has 0 radical (unpaired) electrons. The number of nitriles is 1. The molecule has 2 fully saturated rings. The zero-order valence-electron chi connectivity index (χ0n) is 12.7. The molecular formula is C19H25NS. The van der Waals surface area contributed by atoms with Crippen molar-refractivity contribution in [3.63, 3.8) is 0 Å². The van der Waals surface area contributed by atoms with Gasteiger partial charge in [0.1, 0.15) is 0 Å². The maximum absolute atomic E-state index is 9.48. The van der Waals surface area contributed by atoms with E-state index in [4.69, 9.17) is 0 Å². The molecule has 3 unspecified atom stereocenters. The van der Waals surface area contributed by atoms with Crippen LogP contribution < -0.4 is 0 Å².